The van der Waals surface area contributed by atoms with Gasteiger partial charge >= 0.3 is 0 Å². The molecule has 3 heteroatoms. The van der Waals surface area contributed by atoms with E-state index in [9.17, 15) is 0 Å². The third-order valence-electron chi connectivity index (χ3n) is 1.20. The minimum absolute atomic E-state index is 0.197. The van der Waals surface area contributed by atoms with Crippen LogP contribution in [0.3, 0.4) is 0 Å². The molecule has 0 fully saturated rings. The van der Waals surface area contributed by atoms with Crippen LogP contribution in [0.25, 0.3) is 0 Å². The van der Waals surface area contributed by atoms with Gasteiger partial charge in [-0.25, -0.2) is 0 Å². The van der Waals surface area contributed by atoms with Crippen molar-refractivity contribution in [1.29, 1.82) is 0 Å². The van der Waals surface area contributed by atoms with Crippen molar-refractivity contribution in [3.8, 4) is 0 Å². The van der Waals surface area contributed by atoms with E-state index in [4.69, 9.17) is 15.4 Å². The second kappa shape index (κ2) is 7.63. The molecule has 10 heavy (non-hydrogen) atoms. The molecule has 0 heterocycles. The van der Waals surface area contributed by atoms with Gasteiger partial charge in [0.05, 0.1) is 6.61 Å². The summed E-state index contributed by atoms with van der Waals surface area (Å²) in [5.41, 5.74) is 0. The highest BCUT2D eigenvalue weighted by molar-refractivity contribution is 8.26. The van der Waals surface area contributed by atoms with Crippen LogP contribution in [0.5, 0.6) is 0 Å². The normalized spacial score (nSPS) is 13.4. The molecule has 0 aliphatic heterocycles. The van der Waals surface area contributed by atoms with Gasteiger partial charge in [-0.1, -0.05) is 26.7 Å². The van der Waals surface area contributed by atoms with Crippen LogP contribution in [0, 0.1) is 0 Å². The Kier molecular flexibility index (Phi) is 8.04. The number of rotatable bonds is 6. The molecule has 0 aromatic carbocycles. The average Bonchev–Trinajstić information content (AvgIpc) is 1.98. The predicted octanol–water partition coefficient (Wildman–Crippen LogP) is 2.21. The fourth-order valence-electron chi connectivity index (χ4n) is 0.587. The lowest BCUT2D eigenvalue weighted by molar-refractivity contribution is 0.354. The van der Waals surface area contributed by atoms with Crippen LogP contribution in [-0.4, -0.2) is 12.4 Å². The summed E-state index contributed by atoms with van der Waals surface area (Å²) >= 11 is 4.99. The molecule has 0 aromatic rings. The molecule has 0 saturated carbocycles. The zero-order chi connectivity index (χ0) is 7.82. The maximum atomic E-state index is 5.34. The van der Waals surface area contributed by atoms with Crippen molar-refractivity contribution in [3.05, 3.63) is 0 Å². The Hall–Kier alpha value is 0.530. The molecule has 1 nitrogen and oxygen atoms in total. The van der Waals surface area contributed by atoms with Crippen molar-refractivity contribution < 1.29 is 4.18 Å². The first-order valence-electron chi connectivity index (χ1n) is 3.82. The average molecular weight is 180 g/mol. The van der Waals surface area contributed by atoms with E-state index in [1.807, 2.05) is 0 Å². The van der Waals surface area contributed by atoms with Crippen LogP contribution in [-0.2, 0) is 25.1 Å². The Morgan fingerprint density at radius 1 is 1.30 bits per heavy atom. The van der Waals surface area contributed by atoms with Crippen molar-refractivity contribution >= 4 is 20.9 Å². The molecule has 0 N–H and O–H groups in total. The number of hydrogen-bond acceptors (Lipinski definition) is 2. The van der Waals surface area contributed by atoms with E-state index >= 15 is 0 Å². The first-order valence-corrected chi connectivity index (χ1v) is 6.07. The zero-order valence-corrected chi connectivity index (χ0v) is 8.39. The fraction of sp³-hybridized carbons (Fsp3) is 1.00. The van der Waals surface area contributed by atoms with E-state index in [0.29, 0.717) is 0 Å². The van der Waals surface area contributed by atoms with Gasteiger partial charge in [0.2, 0.25) is 0 Å². The van der Waals surface area contributed by atoms with Crippen LogP contribution in [0.2, 0.25) is 0 Å². The fourth-order valence-corrected chi connectivity index (χ4v) is 1.26. The SMILES string of the molecule is CCCCCOS(=S)CC. The van der Waals surface area contributed by atoms with E-state index < -0.39 is 0 Å². The molecule has 0 radical (unpaired) electrons. The quantitative estimate of drug-likeness (QED) is 0.580. The predicted molar refractivity (Wildman–Crippen MR) is 50.7 cm³/mol. The van der Waals surface area contributed by atoms with Crippen LogP contribution in [0.1, 0.15) is 33.1 Å². The molecule has 0 bridgehead atoms. The summed E-state index contributed by atoms with van der Waals surface area (Å²) in [5, 5.41) is 0. The lowest BCUT2D eigenvalue weighted by Gasteiger charge is -2.01. The molecule has 1 unspecified atom stereocenters. The minimum atomic E-state index is -0.197. The maximum Gasteiger partial charge on any atom is 0.0617 e. The molecule has 0 saturated heterocycles. The molecule has 0 amide bonds. The summed E-state index contributed by atoms with van der Waals surface area (Å²) in [5.74, 6) is 0.974. The summed E-state index contributed by atoms with van der Waals surface area (Å²) in [4.78, 5) is 0. The molecule has 0 spiro atoms. The van der Waals surface area contributed by atoms with Crippen molar-refractivity contribution in [2.75, 3.05) is 12.4 Å². The molecule has 0 rings (SSSR count). The van der Waals surface area contributed by atoms with Gasteiger partial charge in [0.25, 0.3) is 0 Å². The van der Waals surface area contributed by atoms with Gasteiger partial charge in [-0.05, 0) is 17.6 Å². The Bertz CT molecular complexity index is 93.6. The Morgan fingerprint density at radius 2 is 2.00 bits per heavy atom. The van der Waals surface area contributed by atoms with Gasteiger partial charge in [0.1, 0.15) is 0 Å². The summed E-state index contributed by atoms with van der Waals surface area (Å²) in [6, 6.07) is 0. The maximum absolute atomic E-state index is 5.34. The molecule has 62 valence electrons. The first kappa shape index (κ1) is 10.5. The Labute approximate surface area is 71.0 Å². The highest BCUT2D eigenvalue weighted by atomic mass is 32.8. The molecule has 1 atom stereocenters. The van der Waals surface area contributed by atoms with E-state index in [2.05, 4.69) is 13.8 Å². The molecular weight excluding hydrogens is 164 g/mol. The van der Waals surface area contributed by atoms with E-state index in [-0.39, 0.29) is 9.74 Å². The molecule has 0 aliphatic rings. The summed E-state index contributed by atoms with van der Waals surface area (Å²) in [7, 11) is -0.197. The van der Waals surface area contributed by atoms with Crippen molar-refractivity contribution in [3.63, 3.8) is 0 Å². The van der Waals surface area contributed by atoms with Gasteiger partial charge in [-0.15, -0.1) is 0 Å². The summed E-state index contributed by atoms with van der Waals surface area (Å²) < 4.78 is 5.34. The second-order valence-corrected chi connectivity index (χ2v) is 4.66. The monoisotopic (exact) mass is 180 g/mol. The van der Waals surface area contributed by atoms with Gasteiger partial charge in [0.15, 0.2) is 0 Å². The molecule has 0 aromatic heterocycles. The molecular formula is C7H16OS2. The van der Waals surface area contributed by atoms with E-state index in [1.165, 1.54) is 12.8 Å². The van der Waals surface area contributed by atoms with Crippen LogP contribution in [0.4, 0.5) is 0 Å². The lowest BCUT2D eigenvalue weighted by atomic mass is 10.3. The Balaban J connectivity index is 2.96. The van der Waals surface area contributed by atoms with E-state index in [1.54, 1.807) is 0 Å². The van der Waals surface area contributed by atoms with Crippen LogP contribution < -0.4 is 0 Å². The third kappa shape index (κ3) is 6.65. The highest BCUT2D eigenvalue weighted by Gasteiger charge is 1.90. The van der Waals surface area contributed by atoms with Gasteiger partial charge < -0.3 is 4.18 Å². The number of hydrogen-bond donors (Lipinski definition) is 0. The topological polar surface area (TPSA) is 9.23 Å². The third-order valence-corrected chi connectivity index (χ3v) is 3.10. The smallest absolute Gasteiger partial charge is 0.0617 e. The first-order chi connectivity index (χ1) is 4.81. The van der Waals surface area contributed by atoms with Gasteiger partial charge in [-0.2, -0.15) is 0 Å². The Morgan fingerprint density at radius 3 is 2.50 bits per heavy atom. The largest absolute Gasteiger partial charge is 0.312 e. The van der Waals surface area contributed by atoms with Crippen LogP contribution in [0.15, 0.2) is 0 Å². The number of unbranched alkanes of at least 4 members (excludes halogenated alkanes) is 2. The van der Waals surface area contributed by atoms with Crippen molar-refractivity contribution in [2.45, 2.75) is 33.1 Å². The van der Waals surface area contributed by atoms with Crippen molar-refractivity contribution in [2.24, 2.45) is 0 Å². The minimum Gasteiger partial charge on any atom is -0.312 e. The van der Waals surface area contributed by atoms with E-state index in [0.717, 1.165) is 18.8 Å². The van der Waals surface area contributed by atoms with Crippen LogP contribution >= 0.6 is 0 Å². The standard InChI is InChI=1S/C7H16OS2/c1-3-5-6-7-8-10(9)4-2/h3-7H2,1-2H3. The second-order valence-electron chi connectivity index (χ2n) is 2.12. The lowest BCUT2D eigenvalue weighted by Crippen LogP contribution is -1.99. The highest BCUT2D eigenvalue weighted by Crippen LogP contribution is 1.96. The van der Waals surface area contributed by atoms with Gasteiger partial charge in [0, 0.05) is 15.5 Å². The van der Waals surface area contributed by atoms with Crippen molar-refractivity contribution in [1.82, 2.24) is 0 Å². The van der Waals surface area contributed by atoms with Gasteiger partial charge in [-0.3, -0.25) is 0 Å². The summed E-state index contributed by atoms with van der Waals surface area (Å²) in [6.45, 7) is 5.11. The molecule has 0 aliphatic carbocycles. The summed E-state index contributed by atoms with van der Waals surface area (Å²) in [6.07, 6.45) is 3.67. The zero-order valence-electron chi connectivity index (χ0n) is 6.76.